The molecule has 0 aromatic heterocycles. The zero-order chi connectivity index (χ0) is 13.3. The normalized spacial score (nSPS) is 17.2. The first-order valence-electron chi connectivity index (χ1n) is 6.44. The number of aliphatic hydroxyl groups excluding tert-OH is 1. The zero-order valence-electron chi connectivity index (χ0n) is 10.5. The number of benzene rings is 2. The van der Waals surface area contributed by atoms with Crippen molar-refractivity contribution >= 4 is 22.6 Å². The van der Waals surface area contributed by atoms with Crippen LogP contribution in [0.4, 0.5) is 0 Å². The summed E-state index contributed by atoms with van der Waals surface area (Å²) in [6.07, 6.45) is -0.193. The van der Waals surface area contributed by atoms with E-state index in [4.69, 9.17) is 0 Å². The quantitative estimate of drug-likeness (QED) is 0.514. The van der Waals surface area contributed by atoms with Gasteiger partial charge in [-0.05, 0) is 11.1 Å². The van der Waals surface area contributed by atoms with Crippen LogP contribution in [0.15, 0.2) is 60.7 Å². The van der Waals surface area contributed by atoms with Gasteiger partial charge in [0.05, 0.1) is 6.10 Å². The Balaban J connectivity index is 2.06. The molecular weight excluding hydrogens is 349 g/mol. The van der Waals surface area contributed by atoms with Crippen LogP contribution >= 0.6 is 22.6 Å². The van der Waals surface area contributed by atoms with Crippen LogP contribution in [0.3, 0.4) is 0 Å². The zero-order valence-corrected chi connectivity index (χ0v) is 12.7. The third kappa shape index (κ3) is 2.30. The molecule has 0 aliphatic carbocycles. The Morgan fingerprint density at radius 2 is 1.32 bits per heavy atom. The molecule has 19 heavy (non-hydrogen) atoms. The van der Waals surface area contributed by atoms with Gasteiger partial charge in [-0.1, -0.05) is 83.3 Å². The molecule has 1 aliphatic heterocycles. The van der Waals surface area contributed by atoms with Crippen LogP contribution in [-0.2, 0) is 3.55 Å². The standard InChI is InChI=1S/C16H16INO/c17-16(18-11-15(19)12-18,13-7-3-1-4-8-13)14-9-5-2-6-10-14/h1-10,15,19H,11-12H2. The average molecular weight is 365 g/mol. The summed E-state index contributed by atoms with van der Waals surface area (Å²) in [7, 11) is 0. The van der Waals surface area contributed by atoms with Gasteiger partial charge in [-0.15, -0.1) is 0 Å². The van der Waals surface area contributed by atoms with Crippen LogP contribution in [0.2, 0.25) is 0 Å². The molecular formula is C16H16INO. The average Bonchev–Trinajstić information content (AvgIpc) is 2.45. The Kier molecular flexibility index (Phi) is 3.60. The van der Waals surface area contributed by atoms with Gasteiger partial charge >= 0.3 is 0 Å². The lowest BCUT2D eigenvalue weighted by atomic mass is 9.94. The van der Waals surface area contributed by atoms with Gasteiger partial charge in [0.15, 0.2) is 0 Å². The van der Waals surface area contributed by atoms with Gasteiger partial charge in [-0.25, -0.2) is 0 Å². The first kappa shape index (κ1) is 13.1. The number of hydrogen-bond acceptors (Lipinski definition) is 2. The van der Waals surface area contributed by atoms with Gasteiger partial charge in [0.2, 0.25) is 0 Å². The van der Waals surface area contributed by atoms with Crippen LogP contribution in [0, 0.1) is 0 Å². The number of nitrogens with zero attached hydrogens (tertiary/aromatic N) is 1. The lowest BCUT2D eigenvalue weighted by Crippen LogP contribution is -2.58. The van der Waals surface area contributed by atoms with E-state index in [1.165, 1.54) is 11.1 Å². The predicted molar refractivity (Wildman–Crippen MR) is 85.3 cm³/mol. The van der Waals surface area contributed by atoms with E-state index in [2.05, 4.69) is 76.0 Å². The second kappa shape index (κ2) is 5.23. The SMILES string of the molecule is OC1CN(C(I)(c2ccccc2)c2ccccc2)C1. The van der Waals surface area contributed by atoms with Crippen molar-refractivity contribution < 1.29 is 5.11 Å². The van der Waals surface area contributed by atoms with Gasteiger partial charge in [0.25, 0.3) is 0 Å². The number of aliphatic hydroxyl groups is 1. The number of alkyl halides is 1. The summed E-state index contributed by atoms with van der Waals surface area (Å²) in [6.45, 7) is 1.46. The molecule has 1 saturated heterocycles. The van der Waals surface area contributed by atoms with Crippen molar-refractivity contribution in [2.24, 2.45) is 0 Å². The molecule has 0 atom stereocenters. The molecule has 1 N–H and O–H groups in total. The second-order valence-corrected chi connectivity index (χ2v) is 6.47. The van der Waals surface area contributed by atoms with Gasteiger partial charge < -0.3 is 5.11 Å². The van der Waals surface area contributed by atoms with Gasteiger partial charge in [-0.2, -0.15) is 0 Å². The maximum Gasteiger partial charge on any atom is 0.124 e. The highest BCUT2D eigenvalue weighted by Crippen LogP contribution is 2.44. The molecule has 3 heteroatoms. The largest absolute Gasteiger partial charge is 0.390 e. The van der Waals surface area contributed by atoms with Crippen LogP contribution in [0.5, 0.6) is 0 Å². The van der Waals surface area contributed by atoms with Gasteiger partial charge in [-0.3, -0.25) is 4.90 Å². The van der Waals surface area contributed by atoms with E-state index in [0.717, 1.165) is 13.1 Å². The summed E-state index contributed by atoms with van der Waals surface area (Å²) >= 11 is 2.51. The maximum absolute atomic E-state index is 9.63. The Hall–Kier alpha value is -0.910. The van der Waals surface area contributed by atoms with E-state index in [1.54, 1.807) is 0 Å². The van der Waals surface area contributed by atoms with E-state index in [0.29, 0.717) is 0 Å². The Bertz CT molecular complexity index is 498. The van der Waals surface area contributed by atoms with Gasteiger partial charge in [0, 0.05) is 13.1 Å². The van der Waals surface area contributed by atoms with Crippen molar-refractivity contribution in [2.45, 2.75) is 9.65 Å². The van der Waals surface area contributed by atoms with Crippen LogP contribution in [-0.4, -0.2) is 29.2 Å². The fourth-order valence-electron chi connectivity index (χ4n) is 2.56. The second-order valence-electron chi connectivity index (χ2n) is 4.91. The molecule has 98 valence electrons. The Labute approximate surface area is 127 Å². The minimum atomic E-state index is -0.195. The molecule has 0 spiro atoms. The summed E-state index contributed by atoms with van der Waals surface area (Å²) < 4.78 is -0.195. The number of hydrogen-bond donors (Lipinski definition) is 1. The third-order valence-electron chi connectivity index (χ3n) is 3.61. The number of rotatable bonds is 3. The molecule has 2 aromatic carbocycles. The minimum Gasteiger partial charge on any atom is -0.390 e. The molecule has 0 bridgehead atoms. The molecule has 1 aliphatic rings. The predicted octanol–water partition coefficient (Wildman–Crippen LogP) is 3.00. The lowest BCUT2D eigenvalue weighted by Gasteiger charge is -2.48. The fraction of sp³-hybridized carbons (Fsp3) is 0.250. The maximum atomic E-state index is 9.63. The topological polar surface area (TPSA) is 23.5 Å². The van der Waals surface area contributed by atoms with E-state index in [-0.39, 0.29) is 9.65 Å². The third-order valence-corrected chi connectivity index (χ3v) is 5.54. The highest BCUT2D eigenvalue weighted by molar-refractivity contribution is 14.1. The molecule has 2 aromatic rings. The summed E-state index contributed by atoms with van der Waals surface area (Å²) in [5, 5.41) is 9.63. The summed E-state index contributed by atoms with van der Waals surface area (Å²) in [4.78, 5) is 2.32. The van der Waals surface area contributed by atoms with Crippen molar-refractivity contribution in [1.82, 2.24) is 4.90 Å². The molecule has 0 saturated carbocycles. The minimum absolute atomic E-state index is 0.193. The van der Waals surface area contributed by atoms with E-state index < -0.39 is 0 Å². The number of β-amino-alcohol motifs (C(OH)–C–C–N with tert-alkyl or cyclic N) is 1. The van der Waals surface area contributed by atoms with E-state index in [9.17, 15) is 5.11 Å². The first-order valence-corrected chi connectivity index (χ1v) is 7.52. The van der Waals surface area contributed by atoms with Crippen molar-refractivity contribution in [3.05, 3.63) is 71.8 Å². The van der Waals surface area contributed by atoms with Crippen LogP contribution in [0.1, 0.15) is 11.1 Å². The van der Waals surface area contributed by atoms with Crippen molar-refractivity contribution in [3.8, 4) is 0 Å². The van der Waals surface area contributed by atoms with Crippen LogP contribution < -0.4 is 0 Å². The number of likely N-dealkylation sites (tertiary alicyclic amines) is 1. The van der Waals surface area contributed by atoms with E-state index >= 15 is 0 Å². The van der Waals surface area contributed by atoms with Gasteiger partial charge in [0.1, 0.15) is 3.55 Å². The smallest absolute Gasteiger partial charge is 0.124 e. The summed E-state index contributed by atoms with van der Waals surface area (Å²) in [5.74, 6) is 0. The highest BCUT2D eigenvalue weighted by atomic mass is 127. The molecule has 3 rings (SSSR count). The highest BCUT2D eigenvalue weighted by Gasteiger charge is 2.43. The Morgan fingerprint density at radius 3 is 1.68 bits per heavy atom. The molecule has 2 nitrogen and oxygen atoms in total. The van der Waals surface area contributed by atoms with Crippen molar-refractivity contribution in [2.75, 3.05) is 13.1 Å². The van der Waals surface area contributed by atoms with Crippen molar-refractivity contribution in [3.63, 3.8) is 0 Å². The molecule has 1 heterocycles. The van der Waals surface area contributed by atoms with E-state index in [1.807, 2.05) is 12.1 Å². The summed E-state index contributed by atoms with van der Waals surface area (Å²) in [5.41, 5.74) is 2.52. The molecule has 0 unspecified atom stereocenters. The molecule has 0 radical (unpaired) electrons. The summed E-state index contributed by atoms with van der Waals surface area (Å²) in [6, 6.07) is 21.0. The fourth-order valence-corrected chi connectivity index (χ4v) is 3.67. The molecule has 0 amide bonds. The van der Waals surface area contributed by atoms with Crippen LogP contribution in [0.25, 0.3) is 0 Å². The Morgan fingerprint density at radius 1 is 0.895 bits per heavy atom. The lowest BCUT2D eigenvalue weighted by molar-refractivity contribution is -0.0213. The monoisotopic (exact) mass is 365 g/mol. The van der Waals surface area contributed by atoms with Crippen molar-refractivity contribution in [1.29, 1.82) is 0 Å². The number of halogens is 1. The first-order chi connectivity index (χ1) is 9.21. The molecule has 1 fully saturated rings.